The van der Waals surface area contributed by atoms with E-state index in [-0.39, 0.29) is 22.4 Å². The highest BCUT2D eigenvalue weighted by Gasteiger charge is 2.37. The zero-order chi connectivity index (χ0) is 24.5. The highest BCUT2D eigenvalue weighted by atomic mass is 16.4. The lowest BCUT2D eigenvalue weighted by Gasteiger charge is -2.42. The van der Waals surface area contributed by atoms with Gasteiger partial charge in [-0.2, -0.15) is 0 Å². The summed E-state index contributed by atoms with van der Waals surface area (Å²) in [4.78, 5) is 26.4. The fraction of sp³-hybridized carbons (Fsp3) is 0.310. The third kappa shape index (κ3) is 4.84. The third-order valence-corrected chi connectivity index (χ3v) is 6.96. The van der Waals surface area contributed by atoms with Gasteiger partial charge in [0.15, 0.2) is 0 Å². The molecule has 176 valence electrons. The molecule has 0 atom stereocenters. The molecule has 0 aliphatic heterocycles. The Hall–Kier alpha value is -3.60. The van der Waals surface area contributed by atoms with Crippen molar-refractivity contribution in [3.63, 3.8) is 0 Å². The predicted molar refractivity (Wildman–Crippen MR) is 137 cm³/mol. The van der Waals surface area contributed by atoms with Gasteiger partial charge in [0.05, 0.1) is 12.1 Å². The molecule has 5 heteroatoms. The summed E-state index contributed by atoms with van der Waals surface area (Å²) in [6.07, 6.45) is 2.23. The summed E-state index contributed by atoms with van der Waals surface area (Å²) in [5.74, 6) is -0.997. The minimum absolute atomic E-state index is 0.0302. The summed E-state index contributed by atoms with van der Waals surface area (Å²) < 4.78 is 0. The van der Waals surface area contributed by atoms with E-state index < -0.39 is 5.97 Å². The van der Waals surface area contributed by atoms with Gasteiger partial charge in [-0.3, -0.25) is 4.90 Å². The Bertz CT molecular complexity index is 1200. The van der Waals surface area contributed by atoms with E-state index in [1.165, 1.54) is 23.3 Å². The first-order valence-corrected chi connectivity index (χ1v) is 11.7. The molecule has 0 unspecified atom stereocenters. The number of nitrogens with one attached hydrogen (secondary N) is 1. The first-order chi connectivity index (χ1) is 16.1. The second-order valence-corrected chi connectivity index (χ2v) is 10.4. The molecule has 0 saturated carbocycles. The summed E-state index contributed by atoms with van der Waals surface area (Å²) in [5, 5.41) is 12.1. The van der Waals surface area contributed by atoms with Gasteiger partial charge >= 0.3 is 12.0 Å². The number of carbonyl (C=O) groups is 2. The van der Waals surface area contributed by atoms with Crippen LogP contribution in [0, 0.1) is 0 Å². The van der Waals surface area contributed by atoms with Crippen molar-refractivity contribution >= 4 is 23.4 Å². The van der Waals surface area contributed by atoms with Crippen LogP contribution in [-0.4, -0.2) is 17.1 Å². The number of amides is 2. The van der Waals surface area contributed by atoms with Gasteiger partial charge in [0.2, 0.25) is 0 Å². The van der Waals surface area contributed by atoms with Crippen molar-refractivity contribution in [3.8, 4) is 0 Å². The summed E-state index contributed by atoms with van der Waals surface area (Å²) in [5.41, 5.74) is 5.36. The molecule has 1 aliphatic carbocycles. The standard InChI is InChI=1S/C29H32N2O3/c1-28(2)16-17-29(3,4)25-18-23(14-15-24(25)28)31(19-20-8-6-5-7-9-20)27(34)30-22-12-10-21(11-13-22)26(32)33/h5-15,18H,16-17,19H2,1-4H3,(H,30,34)(H,32,33). The van der Waals surface area contributed by atoms with Gasteiger partial charge in [-0.15, -0.1) is 0 Å². The quantitative estimate of drug-likeness (QED) is 0.435. The van der Waals surface area contributed by atoms with Gasteiger partial charge in [-0.25, -0.2) is 9.59 Å². The minimum atomic E-state index is -0.997. The molecular formula is C29H32N2O3. The number of benzene rings is 3. The van der Waals surface area contributed by atoms with Gasteiger partial charge in [0, 0.05) is 11.4 Å². The van der Waals surface area contributed by atoms with Crippen LogP contribution in [0.4, 0.5) is 16.2 Å². The van der Waals surface area contributed by atoms with Crippen LogP contribution in [0.15, 0.2) is 72.8 Å². The minimum Gasteiger partial charge on any atom is -0.478 e. The summed E-state index contributed by atoms with van der Waals surface area (Å²) in [7, 11) is 0. The molecule has 34 heavy (non-hydrogen) atoms. The molecule has 0 bridgehead atoms. The van der Waals surface area contributed by atoms with Crippen LogP contribution < -0.4 is 10.2 Å². The molecule has 0 radical (unpaired) electrons. The fourth-order valence-corrected chi connectivity index (χ4v) is 4.68. The van der Waals surface area contributed by atoms with Crippen molar-refractivity contribution in [2.75, 3.05) is 10.2 Å². The van der Waals surface area contributed by atoms with Gasteiger partial charge in [0.25, 0.3) is 0 Å². The Morgan fingerprint density at radius 1 is 0.853 bits per heavy atom. The van der Waals surface area contributed by atoms with Crippen molar-refractivity contribution in [3.05, 3.63) is 95.1 Å². The molecule has 0 saturated heterocycles. The summed E-state index contributed by atoms with van der Waals surface area (Å²) in [6.45, 7) is 9.54. The lowest BCUT2D eigenvalue weighted by molar-refractivity contribution is 0.0697. The van der Waals surface area contributed by atoms with E-state index in [1.807, 2.05) is 36.4 Å². The first kappa shape index (κ1) is 23.6. The topological polar surface area (TPSA) is 69.6 Å². The normalized spacial score (nSPS) is 15.8. The van der Waals surface area contributed by atoms with Gasteiger partial charge in [-0.1, -0.05) is 64.1 Å². The molecule has 0 fully saturated rings. The average Bonchev–Trinajstić information content (AvgIpc) is 2.81. The number of carboxylic acid groups (broad SMARTS) is 1. The largest absolute Gasteiger partial charge is 0.478 e. The van der Waals surface area contributed by atoms with Crippen LogP contribution in [0.1, 0.15) is 67.6 Å². The number of rotatable bonds is 5. The number of anilines is 2. The molecule has 0 aromatic heterocycles. The number of carboxylic acids is 1. The highest BCUT2D eigenvalue weighted by Crippen LogP contribution is 2.46. The molecule has 0 heterocycles. The Labute approximate surface area is 201 Å². The molecule has 3 aromatic carbocycles. The number of hydrogen-bond acceptors (Lipinski definition) is 2. The van der Waals surface area contributed by atoms with Crippen LogP contribution in [0.5, 0.6) is 0 Å². The van der Waals surface area contributed by atoms with E-state index in [2.05, 4.69) is 45.1 Å². The van der Waals surface area contributed by atoms with E-state index in [0.29, 0.717) is 12.2 Å². The average molecular weight is 457 g/mol. The molecule has 5 nitrogen and oxygen atoms in total. The third-order valence-electron chi connectivity index (χ3n) is 6.96. The Morgan fingerprint density at radius 3 is 2.09 bits per heavy atom. The number of fused-ring (bicyclic) bond motifs is 1. The van der Waals surface area contributed by atoms with E-state index in [4.69, 9.17) is 5.11 Å². The van der Waals surface area contributed by atoms with Crippen molar-refractivity contribution < 1.29 is 14.7 Å². The molecular weight excluding hydrogens is 424 g/mol. The highest BCUT2D eigenvalue weighted by molar-refractivity contribution is 6.02. The lowest BCUT2D eigenvalue weighted by Crippen LogP contribution is -2.37. The lowest BCUT2D eigenvalue weighted by atomic mass is 9.63. The molecule has 2 N–H and O–H groups in total. The van der Waals surface area contributed by atoms with Crippen molar-refractivity contribution in [2.24, 2.45) is 0 Å². The maximum atomic E-state index is 13.5. The second kappa shape index (κ2) is 8.98. The van der Waals surface area contributed by atoms with Crippen LogP contribution in [0.2, 0.25) is 0 Å². The Morgan fingerprint density at radius 2 is 1.47 bits per heavy atom. The Balaban J connectivity index is 1.70. The number of carbonyl (C=O) groups excluding carboxylic acids is 1. The second-order valence-electron chi connectivity index (χ2n) is 10.4. The number of hydrogen-bond donors (Lipinski definition) is 2. The zero-order valence-electron chi connectivity index (χ0n) is 20.3. The van der Waals surface area contributed by atoms with E-state index >= 15 is 0 Å². The maximum absolute atomic E-state index is 13.5. The molecule has 2 amide bonds. The van der Waals surface area contributed by atoms with Crippen LogP contribution >= 0.6 is 0 Å². The number of aromatic carboxylic acids is 1. The smallest absolute Gasteiger partial charge is 0.335 e. The number of nitrogens with zero attached hydrogens (tertiary/aromatic N) is 1. The van der Waals surface area contributed by atoms with Crippen molar-refractivity contribution in [1.82, 2.24) is 0 Å². The molecule has 0 spiro atoms. The first-order valence-electron chi connectivity index (χ1n) is 11.7. The fourth-order valence-electron chi connectivity index (χ4n) is 4.68. The van der Waals surface area contributed by atoms with Crippen molar-refractivity contribution in [1.29, 1.82) is 0 Å². The maximum Gasteiger partial charge on any atom is 0.335 e. The van der Waals surface area contributed by atoms with E-state index in [0.717, 1.165) is 24.1 Å². The van der Waals surface area contributed by atoms with Gasteiger partial charge in [0.1, 0.15) is 0 Å². The molecule has 1 aliphatic rings. The SMILES string of the molecule is CC1(C)CCC(C)(C)c2cc(N(Cc3ccccc3)C(=O)Nc3ccc(C(=O)O)cc3)ccc21. The van der Waals surface area contributed by atoms with Crippen LogP contribution in [0.25, 0.3) is 0 Å². The summed E-state index contributed by atoms with van der Waals surface area (Å²) >= 11 is 0. The summed E-state index contributed by atoms with van der Waals surface area (Å²) in [6, 6.07) is 22.2. The Kier molecular flexibility index (Phi) is 6.22. The van der Waals surface area contributed by atoms with Crippen LogP contribution in [-0.2, 0) is 17.4 Å². The predicted octanol–water partition coefficient (Wildman–Crippen LogP) is 6.97. The van der Waals surface area contributed by atoms with Crippen molar-refractivity contribution in [2.45, 2.75) is 57.9 Å². The van der Waals surface area contributed by atoms with E-state index in [9.17, 15) is 9.59 Å². The van der Waals surface area contributed by atoms with E-state index in [1.54, 1.807) is 17.0 Å². The molecule has 3 aromatic rings. The number of urea groups is 1. The zero-order valence-corrected chi connectivity index (χ0v) is 20.3. The van der Waals surface area contributed by atoms with Crippen LogP contribution in [0.3, 0.4) is 0 Å². The van der Waals surface area contributed by atoms with Gasteiger partial charge in [-0.05, 0) is 76.8 Å². The van der Waals surface area contributed by atoms with Gasteiger partial charge < -0.3 is 10.4 Å². The monoisotopic (exact) mass is 456 g/mol. The molecule has 4 rings (SSSR count).